The van der Waals surface area contributed by atoms with Crippen LogP contribution in [0.4, 0.5) is 0 Å². The second kappa shape index (κ2) is 9.92. The fourth-order valence-electron chi connectivity index (χ4n) is 3.69. The van der Waals surface area contributed by atoms with E-state index in [2.05, 4.69) is 0 Å². The van der Waals surface area contributed by atoms with Crippen LogP contribution < -0.4 is 0 Å². The number of allylic oxidation sites excluding steroid dienone is 1. The zero-order valence-corrected chi connectivity index (χ0v) is 17.6. The average Bonchev–Trinajstić information content (AvgIpc) is 3.18. The normalized spacial score (nSPS) is 18.4. The second-order valence-corrected chi connectivity index (χ2v) is 6.95. The molecule has 5 nitrogen and oxygen atoms in total. The Morgan fingerprint density at radius 3 is 2.13 bits per heavy atom. The summed E-state index contributed by atoms with van der Waals surface area (Å²) in [6.45, 7) is 5.00. The molecule has 0 unspecified atom stereocenters. The third-order valence-corrected chi connectivity index (χ3v) is 5.24. The van der Waals surface area contributed by atoms with Gasteiger partial charge in [0.1, 0.15) is 5.76 Å². The molecule has 0 bridgehead atoms. The van der Waals surface area contributed by atoms with Crippen LogP contribution in [0.2, 0.25) is 0 Å². The van der Waals surface area contributed by atoms with Crippen molar-refractivity contribution in [1.29, 1.82) is 0 Å². The molecule has 2 aromatic rings. The molecule has 0 spiro atoms. The van der Waals surface area contributed by atoms with E-state index in [9.17, 15) is 9.59 Å². The van der Waals surface area contributed by atoms with E-state index >= 15 is 0 Å². The summed E-state index contributed by atoms with van der Waals surface area (Å²) in [4.78, 5) is 27.8. The first-order chi connectivity index (χ1) is 14.6. The highest BCUT2D eigenvalue weighted by molar-refractivity contribution is 5.96. The van der Waals surface area contributed by atoms with Gasteiger partial charge in [0.05, 0.1) is 18.6 Å². The molecule has 0 N–H and O–H groups in total. The minimum Gasteiger partial charge on any atom is -0.479 e. The molecular formula is C25H27NO4. The van der Waals surface area contributed by atoms with Crippen LogP contribution in [0.3, 0.4) is 0 Å². The largest absolute Gasteiger partial charge is 0.479 e. The highest BCUT2D eigenvalue weighted by atomic mass is 16.5. The van der Waals surface area contributed by atoms with Gasteiger partial charge in [-0.15, -0.1) is 0 Å². The Kier molecular flexibility index (Phi) is 7.07. The van der Waals surface area contributed by atoms with Crippen molar-refractivity contribution >= 4 is 18.0 Å². The van der Waals surface area contributed by atoms with Gasteiger partial charge in [0.2, 0.25) is 0 Å². The van der Waals surface area contributed by atoms with Gasteiger partial charge in [0, 0.05) is 13.1 Å². The summed E-state index contributed by atoms with van der Waals surface area (Å²) in [6.07, 6.45) is 2.79. The molecule has 1 amide bonds. The van der Waals surface area contributed by atoms with E-state index in [0.717, 1.165) is 11.1 Å². The maximum Gasteiger partial charge on any atom is 0.338 e. The van der Waals surface area contributed by atoms with Gasteiger partial charge in [-0.2, -0.15) is 0 Å². The Labute approximate surface area is 177 Å². The highest BCUT2D eigenvalue weighted by Gasteiger charge is 2.46. The van der Waals surface area contributed by atoms with Crippen LogP contribution in [0.25, 0.3) is 6.08 Å². The van der Waals surface area contributed by atoms with Gasteiger partial charge in [-0.05, 0) is 31.1 Å². The number of hydrogen-bond acceptors (Lipinski definition) is 4. The van der Waals surface area contributed by atoms with E-state index in [0.29, 0.717) is 24.4 Å². The maximum atomic E-state index is 13.3. The van der Waals surface area contributed by atoms with Crippen molar-refractivity contribution < 1.29 is 19.1 Å². The van der Waals surface area contributed by atoms with E-state index in [1.807, 2.05) is 80.6 Å². The van der Waals surface area contributed by atoms with Crippen molar-refractivity contribution in [3.05, 3.63) is 89.2 Å². The molecule has 1 aliphatic rings. The number of amides is 1. The van der Waals surface area contributed by atoms with Gasteiger partial charge in [0.25, 0.3) is 5.91 Å². The predicted octanol–water partition coefficient (Wildman–Crippen LogP) is 4.18. The molecular weight excluding hydrogens is 378 g/mol. The third kappa shape index (κ3) is 4.46. The summed E-state index contributed by atoms with van der Waals surface area (Å²) >= 11 is 0. The van der Waals surface area contributed by atoms with Gasteiger partial charge in [-0.25, -0.2) is 4.79 Å². The Morgan fingerprint density at radius 1 is 0.967 bits per heavy atom. The number of likely N-dealkylation sites (N-methyl/N-ethyl adjacent to an activating group) is 1. The van der Waals surface area contributed by atoms with Gasteiger partial charge in [-0.3, -0.25) is 4.79 Å². The van der Waals surface area contributed by atoms with E-state index in [1.54, 1.807) is 11.0 Å². The van der Waals surface area contributed by atoms with E-state index < -0.39 is 18.0 Å². The lowest BCUT2D eigenvalue weighted by Crippen LogP contribution is -2.41. The van der Waals surface area contributed by atoms with Gasteiger partial charge in [-0.1, -0.05) is 66.7 Å². The zero-order valence-electron chi connectivity index (χ0n) is 17.6. The average molecular weight is 405 g/mol. The zero-order chi connectivity index (χ0) is 21.5. The Bertz CT molecular complexity index is 930. The molecule has 0 aliphatic carbocycles. The molecule has 5 heteroatoms. The molecule has 1 aliphatic heterocycles. The van der Waals surface area contributed by atoms with Gasteiger partial charge in [0.15, 0.2) is 6.10 Å². The standard InChI is InChI=1S/C25H27NO4/c1-4-26(5-2)24(27)23-21(19-14-10-7-11-15-19)22(25(28)29-3)20(30-23)17-16-18-12-8-6-9-13-18/h6-17,21,23H,4-5H2,1-3H3/b17-16+/t21-,23-/m0/s1. The topological polar surface area (TPSA) is 55.8 Å². The molecule has 2 atom stereocenters. The number of methoxy groups -OCH3 is 1. The second-order valence-electron chi connectivity index (χ2n) is 6.95. The molecule has 1 heterocycles. The summed E-state index contributed by atoms with van der Waals surface area (Å²) in [7, 11) is 1.34. The van der Waals surface area contributed by atoms with Crippen molar-refractivity contribution in [3.8, 4) is 0 Å². The number of esters is 1. The summed E-state index contributed by atoms with van der Waals surface area (Å²) < 4.78 is 11.2. The number of nitrogens with zero attached hydrogens (tertiary/aromatic N) is 1. The number of hydrogen-bond donors (Lipinski definition) is 0. The summed E-state index contributed by atoms with van der Waals surface area (Å²) in [6, 6.07) is 19.2. The molecule has 3 rings (SSSR count). The van der Waals surface area contributed by atoms with Crippen LogP contribution in [0, 0.1) is 0 Å². The lowest BCUT2D eigenvalue weighted by atomic mass is 9.86. The lowest BCUT2D eigenvalue weighted by molar-refractivity contribution is -0.140. The van der Waals surface area contributed by atoms with Crippen LogP contribution >= 0.6 is 0 Å². The summed E-state index contributed by atoms with van der Waals surface area (Å²) in [5.41, 5.74) is 2.17. The van der Waals surface area contributed by atoms with Crippen LogP contribution in [0.15, 0.2) is 78.1 Å². The quantitative estimate of drug-likeness (QED) is 0.649. The molecule has 0 fully saturated rings. The first-order valence-corrected chi connectivity index (χ1v) is 10.2. The van der Waals surface area contributed by atoms with Crippen LogP contribution in [-0.4, -0.2) is 43.1 Å². The molecule has 30 heavy (non-hydrogen) atoms. The monoisotopic (exact) mass is 405 g/mol. The number of ether oxygens (including phenoxy) is 2. The molecule has 0 saturated heterocycles. The van der Waals surface area contributed by atoms with Crippen LogP contribution in [0.1, 0.15) is 30.9 Å². The molecule has 0 radical (unpaired) electrons. The van der Waals surface area contributed by atoms with Crippen molar-refractivity contribution in [1.82, 2.24) is 4.90 Å². The van der Waals surface area contributed by atoms with Gasteiger partial charge >= 0.3 is 5.97 Å². The third-order valence-electron chi connectivity index (χ3n) is 5.24. The van der Waals surface area contributed by atoms with Crippen molar-refractivity contribution in [2.45, 2.75) is 25.9 Å². The van der Waals surface area contributed by atoms with Gasteiger partial charge < -0.3 is 14.4 Å². The van der Waals surface area contributed by atoms with Crippen molar-refractivity contribution in [2.24, 2.45) is 0 Å². The first-order valence-electron chi connectivity index (χ1n) is 10.2. The Hall–Kier alpha value is -3.34. The van der Waals surface area contributed by atoms with E-state index in [1.165, 1.54) is 7.11 Å². The Balaban J connectivity index is 2.08. The molecule has 2 aromatic carbocycles. The maximum absolute atomic E-state index is 13.3. The van der Waals surface area contributed by atoms with Crippen LogP contribution in [0.5, 0.6) is 0 Å². The molecule has 0 saturated carbocycles. The first kappa shape index (κ1) is 21.4. The fourth-order valence-corrected chi connectivity index (χ4v) is 3.69. The number of rotatable bonds is 7. The Morgan fingerprint density at radius 2 is 1.57 bits per heavy atom. The molecule has 0 aromatic heterocycles. The highest BCUT2D eigenvalue weighted by Crippen LogP contribution is 2.41. The van der Waals surface area contributed by atoms with Crippen LogP contribution in [-0.2, 0) is 19.1 Å². The summed E-state index contributed by atoms with van der Waals surface area (Å²) in [5.74, 6) is -0.808. The summed E-state index contributed by atoms with van der Waals surface area (Å²) in [5, 5.41) is 0. The van der Waals surface area contributed by atoms with Crippen molar-refractivity contribution in [3.63, 3.8) is 0 Å². The van der Waals surface area contributed by atoms with E-state index in [-0.39, 0.29) is 5.91 Å². The minimum atomic E-state index is -0.822. The predicted molar refractivity (Wildman–Crippen MR) is 117 cm³/mol. The van der Waals surface area contributed by atoms with E-state index in [4.69, 9.17) is 9.47 Å². The smallest absolute Gasteiger partial charge is 0.338 e. The number of carbonyl (C=O) groups excluding carboxylic acids is 2. The molecule has 156 valence electrons. The number of carbonyl (C=O) groups is 2. The SMILES string of the molecule is CCN(CC)C(=O)[C@H]1OC(/C=C/c2ccccc2)=C(C(=O)OC)[C@@H]1c1ccccc1. The van der Waals surface area contributed by atoms with Crippen molar-refractivity contribution in [2.75, 3.05) is 20.2 Å². The minimum absolute atomic E-state index is 0.140. The number of benzene rings is 2. The fraction of sp³-hybridized carbons (Fsp3) is 0.280. The lowest BCUT2D eigenvalue weighted by Gasteiger charge is -2.26.